The van der Waals surface area contributed by atoms with Crippen molar-refractivity contribution >= 4 is 17.7 Å². The molecular formula is C14H21N3O4. The Labute approximate surface area is 123 Å². The van der Waals surface area contributed by atoms with Gasteiger partial charge in [0.15, 0.2) is 0 Å². The maximum atomic E-state index is 11.7. The Balaban J connectivity index is 2.76. The van der Waals surface area contributed by atoms with E-state index in [0.29, 0.717) is 31.1 Å². The number of rotatable bonds is 8. The molecule has 0 unspecified atom stereocenters. The van der Waals surface area contributed by atoms with E-state index in [1.165, 1.54) is 6.07 Å². The van der Waals surface area contributed by atoms with Gasteiger partial charge in [-0.15, -0.1) is 0 Å². The van der Waals surface area contributed by atoms with Gasteiger partial charge in [-0.3, -0.25) is 4.79 Å². The van der Waals surface area contributed by atoms with Crippen molar-refractivity contribution in [2.75, 3.05) is 38.8 Å². The van der Waals surface area contributed by atoms with Crippen molar-refractivity contribution in [1.82, 2.24) is 10.3 Å². The van der Waals surface area contributed by atoms with Gasteiger partial charge in [0.25, 0.3) is 0 Å². The molecule has 0 bridgehead atoms. The molecule has 21 heavy (non-hydrogen) atoms. The van der Waals surface area contributed by atoms with Crippen LogP contribution >= 0.6 is 0 Å². The third-order valence-corrected chi connectivity index (χ3v) is 2.87. The van der Waals surface area contributed by atoms with Crippen LogP contribution in [0.5, 0.6) is 0 Å². The summed E-state index contributed by atoms with van der Waals surface area (Å²) in [4.78, 5) is 28.8. The highest BCUT2D eigenvalue weighted by atomic mass is 16.5. The number of methoxy groups -OCH3 is 1. The third-order valence-electron chi connectivity index (χ3n) is 2.87. The van der Waals surface area contributed by atoms with Crippen LogP contribution in [0.2, 0.25) is 0 Å². The summed E-state index contributed by atoms with van der Waals surface area (Å²) in [6.07, 6.45) is 0.627. The number of carboxylic acid groups (broad SMARTS) is 1. The van der Waals surface area contributed by atoms with Crippen molar-refractivity contribution in [1.29, 1.82) is 0 Å². The van der Waals surface area contributed by atoms with E-state index in [2.05, 4.69) is 10.3 Å². The van der Waals surface area contributed by atoms with Gasteiger partial charge in [0.1, 0.15) is 5.82 Å². The Morgan fingerprint density at radius 1 is 1.43 bits per heavy atom. The molecule has 1 amide bonds. The van der Waals surface area contributed by atoms with Crippen LogP contribution in [-0.4, -0.2) is 55.8 Å². The normalized spacial score (nSPS) is 10.2. The van der Waals surface area contributed by atoms with Crippen molar-refractivity contribution < 1.29 is 19.4 Å². The zero-order valence-corrected chi connectivity index (χ0v) is 12.5. The summed E-state index contributed by atoms with van der Waals surface area (Å²) in [7, 11) is 3.26. The second-order valence-electron chi connectivity index (χ2n) is 4.56. The Bertz CT molecular complexity index is 505. The Hall–Kier alpha value is -2.15. The number of nitrogens with zero attached hydrogens (tertiary/aromatic N) is 2. The molecule has 0 spiro atoms. The average Bonchev–Trinajstić information content (AvgIpc) is 2.46. The number of aromatic carboxylic acids is 1. The second-order valence-corrected chi connectivity index (χ2v) is 4.56. The predicted molar refractivity (Wildman–Crippen MR) is 78.7 cm³/mol. The zero-order chi connectivity index (χ0) is 15.8. The molecule has 0 fully saturated rings. The molecule has 0 atom stereocenters. The van der Waals surface area contributed by atoms with E-state index in [9.17, 15) is 9.59 Å². The van der Waals surface area contributed by atoms with Crippen LogP contribution in [0.25, 0.3) is 0 Å². The number of hydrogen-bond acceptors (Lipinski definition) is 5. The number of carbonyl (C=O) groups excluding carboxylic acids is 1. The molecule has 0 aliphatic rings. The standard InChI is InChI=1S/C14H21N3O4/c1-4-11-7-10(14(19)20)8-12(16-11)17(2)9-13(18)15-5-6-21-3/h7-8H,4-6,9H2,1-3H3,(H,15,18)(H,19,20). The lowest BCUT2D eigenvalue weighted by atomic mass is 10.2. The third kappa shape index (κ3) is 5.39. The lowest BCUT2D eigenvalue weighted by Crippen LogP contribution is -2.37. The van der Waals surface area contributed by atoms with Crippen LogP contribution in [0.1, 0.15) is 23.0 Å². The number of amides is 1. The number of pyridine rings is 1. The fourth-order valence-electron chi connectivity index (χ4n) is 1.72. The lowest BCUT2D eigenvalue weighted by Gasteiger charge is -2.19. The number of carbonyl (C=O) groups is 2. The predicted octanol–water partition coefficient (Wildman–Crippen LogP) is 0.541. The van der Waals surface area contributed by atoms with Gasteiger partial charge in [-0.05, 0) is 18.6 Å². The van der Waals surface area contributed by atoms with Gasteiger partial charge in [0.2, 0.25) is 5.91 Å². The van der Waals surface area contributed by atoms with Crippen LogP contribution in [0, 0.1) is 0 Å². The number of aromatic nitrogens is 1. The highest BCUT2D eigenvalue weighted by Crippen LogP contribution is 2.14. The van der Waals surface area contributed by atoms with E-state index in [1.54, 1.807) is 25.1 Å². The molecule has 1 heterocycles. The van der Waals surface area contributed by atoms with Crippen LogP contribution in [-0.2, 0) is 16.0 Å². The van der Waals surface area contributed by atoms with Crippen molar-refractivity contribution in [3.05, 3.63) is 23.4 Å². The van der Waals surface area contributed by atoms with Gasteiger partial charge in [0.05, 0.1) is 18.7 Å². The maximum Gasteiger partial charge on any atom is 0.335 e. The number of ether oxygens (including phenoxy) is 1. The van der Waals surface area contributed by atoms with Crippen molar-refractivity contribution in [3.63, 3.8) is 0 Å². The molecule has 2 N–H and O–H groups in total. The van der Waals surface area contributed by atoms with Gasteiger partial charge in [0, 0.05) is 26.4 Å². The zero-order valence-electron chi connectivity index (χ0n) is 12.5. The number of nitrogens with one attached hydrogen (secondary N) is 1. The topological polar surface area (TPSA) is 91.8 Å². The van der Waals surface area contributed by atoms with E-state index >= 15 is 0 Å². The number of likely N-dealkylation sites (N-methyl/N-ethyl adjacent to an activating group) is 1. The molecule has 0 aromatic carbocycles. The summed E-state index contributed by atoms with van der Waals surface area (Å²) >= 11 is 0. The molecule has 0 saturated heterocycles. The number of anilines is 1. The van der Waals surface area contributed by atoms with Gasteiger partial charge in [-0.25, -0.2) is 9.78 Å². The van der Waals surface area contributed by atoms with Gasteiger partial charge < -0.3 is 20.1 Å². The molecule has 1 rings (SSSR count). The Morgan fingerprint density at radius 3 is 2.71 bits per heavy atom. The molecular weight excluding hydrogens is 274 g/mol. The lowest BCUT2D eigenvalue weighted by molar-refractivity contribution is -0.119. The minimum Gasteiger partial charge on any atom is -0.478 e. The van der Waals surface area contributed by atoms with Gasteiger partial charge in [-0.2, -0.15) is 0 Å². The summed E-state index contributed by atoms with van der Waals surface area (Å²) in [6.45, 7) is 2.88. The summed E-state index contributed by atoms with van der Waals surface area (Å²) < 4.78 is 4.85. The number of hydrogen-bond donors (Lipinski definition) is 2. The molecule has 0 radical (unpaired) electrons. The second kappa shape index (κ2) is 8.21. The van der Waals surface area contributed by atoms with E-state index in [1.807, 2.05) is 6.92 Å². The van der Waals surface area contributed by atoms with Crippen molar-refractivity contribution in [3.8, 4) is 0 Å². The van der Waals surface area contributed by atoms with Gasteiger partial charge >= 0.3 is 5.97 Å². The van der Waals surface area contributed by atoms with E-state index in [-0.39, 0.29) is 18.0 Å². The average molecular weight is 295 g/mol. The smallest absolute Gasteiger partial charge is 0.335 e. The van der Waals surface area contributed by atoms with Crippen LogP contribution < -0.4 is 10.2 Å². The highest BCUT2D eigenvalue weighted by molar-refractivity contribution is 5.89. The molecule has 0 aliphatic carbocycles. The summed E-state index contributed by atoms with van der Waals surface area (Å²) in [5.74, 6) is -0.713. The first-order chi connectivity index (χ1) is 9.97. The molecule has 0 aliphatic heterocycles. The first kappa shape index (κ1) is 16.9. The van der Waals surface area contributed by atoms with Crippen molar-refractivity contribution in [2.24, 2.45) is 0 Å². The summed E-state index contributed by atoms with van der Waals surface area (Å²) in [5.41, 5.74) is 0.847. The molecule has 116 valence electrons. The quantitative estimate of drug-likeness (QED) is 0.680. The van der Waals surface area contributed by atoms with Crippen LogP contribution in [0.3, 0.4) is 0 Å². The minimum absolute atomic E-state index is 0.100. The minimum atomic E-state index is -1.01. The summed E-state index contributed by atoms with van der Waals surface area (Å²) in [6, 6.07) is 3.00. The number of carboxylic acids is 1. The Kier molecular flexibility index (Phi) is 6.61. The first-order valence-electron chi connectivity index (χ1n) is 6.69. The molecule has 7 nitrogen and oxygen atoms in total. The van der Waals surface area contributed by atoms with E-state index in [4.69, 9.17) is 9.84 Å². The summed E-state index contributed by atoms with van der Waals surface area (Å²) in [5, 5.41) is 11.8. The molecule has 1 aromatic heterocycles. The highest BCUT2D eigenvalue weighted by Gasteiger charge is 2.13. The fraction of sp³-hybridized carbons (Fsp3) is 0.500. The van der Waals surface area contributed by atoms with Gasteiger partial charge in [-0.1, -0.05) is 6.92 Å². The van der Waals surface area contributed by atoms with Crippen molar-refractivity contribution in [2.45, 2.75) is 13.3 Å². The first-order valence-corrected chi connectivity index (χ1v) is 6.69. The maximum absolute atomic E-state index is 11.7. The Morgan fingerprint density at radius 2 is 2.14 bits per heavy atom. The SMILES string of the molecule is CCc1cc(C(=O)O)cc(N(C)CC(=O)NCCOC)n1. The monoisotopic (exact) mass is 295 g/mol. The largest absolute Gasteiger partial charge is 0.478 e. The molecule has 7 heteroatoms. The van der Waals surface area contributed by atoms with Crippen LogP contribution in [0.4, 0.5) is 5.82 Å². The van der Waals surface area contributed by atoms with E-state index < -0.39 is 5.97 Å². The number of aryl methyl sites for hydroxylation is 1. The molecule has 1 aromatic rings. The fourth-order valence-corrected chi connectivity index (χ4v) is 1.72. The van der Waals surface area contributed by atoms with E-state index in [0.717, 1.165) is 0 Å². The van der Waals surface area contributed by atoms with Crippen LogP contribution in [0.15, 0.2) is 12.1 Å². The molecule has 0 saturated carbocycles.